The van der Waals surface area contributed by atoms with Crippen LogP contribution in [-0.4, -0.2) is 10.9 Å². The van der Waals surface area contributed by atoms with Crippen LogP contribution >= 0.6 is 0 Å². The van der Waals surface area contributed by atoms with Crippen LogP contribution in [-0.2, 0) is 13.2 Å². The molecule has 0 aliphatic heterocycles. The highest BCUT2D eigenvalue weighted by Gasteiger charge is 2.05. The summed E-state index contributed by atoms with van der Waals surface area (Å²) in [6.45, 7) is -0.285. The van der Waals surface area contributed by atoms with Crippen molar-refractivity contribution in [1.29, 1.82) is 5.41 Å². The van der Waals surface area contributed by atoms with Gasteiger partial charge in [-0.2, -0.15) is 0 Å². The Bertz CT molecular complexity index is 523. The minimum atomic E-state index is -0.713. The number of aromatic nitrogens is 1. The van der Waals surface area contributed by atoms with E-state index in [1.165, 1.54) is 0 Å². The van der Waals surface area contributed by atoms with Crippen molar-refractivity contribution in [2.24, 2.45) is 5.73 Å². The Kier molecular flexibility index (Phi) is 2.72. The topological polar surface area (TPSA) is 87.9 Å². The van der Waals surface area contributed by atoms with Crippen molar-refractivity contribution in [2.45, 2.75) is 13.2 Å². The number of fused-ring (bicyclic) bond motifs is 1. The molecule has 0 aliphatic carbocycles. The molecule has 6 heteroatoms. The van der Waals surface area contributed by atoms with Crippen LogP contribution in [0.1, 0.15) is 11.5 Å². The molecule has 0 amide bonds. The Hall–Kier alpha value is -2.11. The third-order valence-electron chi connectivity index (χ3n) is 2.09. The third kappa shape index (κ3) is 2.10. The number of alkyl halides is 1. The maximum atomic E-state index is 12.3. The zero-order chi connectivity index (χ0) is 11.5. The second kappa shape index (κ2) is 4.18. The van der Waals surface area contributed by atoms with Crippen molar-refractivity contribution in [3.05, 3.63) is 29.7 Å². The molecule has 1 aromatic carbocycles. The number of nitrogens with one attached hydrogen (secondary N) is 2. The summed E-state index contributed by atoms with van der Waals surface area (Å²) in [6.07, 6.45) is 0. The number of benzene rings is 1. The van der Waals surface area contributed by atoms with Crippen LogP contribution in [0.2, 0.25) is 0 Å². The lowest BCUT2D eigenvalue weighted by Gasteiger charge is -2.02. The predicted octanol–water partition coefficient (Wildman–Crippen LogP) is 1.28. The van der Waals surface area contributed by atoms with E-state index >= 15 is 0 Å². The maximum absolute atomic E-state index is 12.3. The van der Waals surface area contributed by atoms with Crippen LogP contribution in [0.5, 0.6) is 0 Å². The van der Waals surface area contributed by atoms with Crippen molar-refractivity contribution in [1.82, 2.24) is 10.3 Å². The minimum absolute atomic E-state index is 0.0756. The van der Waals surface area contributed by atoms with Gasteiger partial charge in [0.15, 0.2) is 18.2 Å². The Morgan fingerprint density at radius 1 is 1.56 bits per heavy atom. The average molecular weight is 222 g/mol. The van der Waals surface area contributed by atoms with Gasteiger partial charge in [-0.05, 0) is 17.7 Å². The first kappa shape index (κ1) is 10.4. The summed E-state index contributed by atoms with van der Waals surface area (Å²) in [5.74, 6) is -0.0196. The number of hydrogen-bond donors (Lipinski definition) is 3. The number of guanidine groups is 1. The molecule has 0 aliphatic rings. The molecular formula is C10H11FN4O. The number of halogens is 1. The van der Waals surface area contributed by atoms with Crippen molar-refractivity contribution < 1.29 is 8.81 Å². The van der Waals surface area contributed by atoms with Gasteiger partial charge in [-0.3, -0.25) is 5.41 Å². The summed E-state index contributed by atoms with van der Waals surface area (Å²) < 4.78 is 17.5. The molecule has 2 aromatic rings. The van der Waals surface area contributed by atoms with E-state index in [0.717, 1.165) is 5.56 Å². The van der Waals surface area contributed by atoms with Gasteiger partial charge in [0.05, 0.1) is 0 Å². The molecule has 0 radical (unpaired) electrons. The molecule has 0 atom stereocenters. The Labute approximate surface area is 91.0 Å². The summed E-state index contributed by atoms with van der Waals surface area (Å²) >= 11 is 0. The van der Waals surface area contributed by atoms with Crippen molar-refractivity contribution in [2.75, 3.05) is 0 Å². The van der Waals surface area contributed by atoms with Crippen LogP contribution in [0.25, 0.3) is 11.1 Å². The van der Waals surface area contributed by atoms with Gasteiger partial charge in [0.2, 0.25) is 5.89 Å². The molecule has 0 spiro atoms. The number of nitrogens with zero attached hydrogens (tertiary/aromatic N) is 1. The minimum Gasteiger partial charge on any atom is -0.438 e. The largest absolute Gasteiger partial charge is 0.438 e. The Morgan fingerprint density at radius 3 is 3.06 bits per heavy atom. The van der Waals surface area contributed by atoms with Crippen LogP contribution in [0, 0.1) is 5.41 Å². The molecule has 4 N–H and O–H groups in total. The van der Waals surface area contributed by atoms with E-state index < -0.39 is 6.67 Å². The molecule has 5 nitrogen and oxygen atoms in total. The number of nitrogens with two attached hydrogens (primary N) is 1. The lowest BCUT2D eigenvalue weighted by atomic mass is 10.2. The third-order valence-corrected chi connectivity index (χ3v) is 2.09. The van der Waals surface area contributed by atoms with E-state index in [9.17, 15) is 4.39 Å². The molecule has 84 valence electrons. The predicted molar refractivity (Wildman–Crippen MR) is 57.6 cm³/mol. The molecule has 1 aromatic heterocycles. The second-order valence-electron chi connectivity index (χ2n) is 3.31. The second-order valence-corrected chi connectivity index (χ2v) is 3.31. The first-order valence-electron chi connectivity index (χ1n) is 4.71. The summed E-state index contributed by atoms with van der Waals surface area (Å²) in [5, 5.41) is 9.69. The maximum Gasteiger partial charge on any atom is 0.226 e. The summed E-state index contributed by atoms with van der Waals surface area (Å²) in [5.41, 5.74) is 7.22. The van der Waals surface area contributed by atoms with Gasteiger partial charge >= 0.3 is 0 Å². The Morgan fingerprint density at radius 2 is 2.38 bits per heavy atom. The van der Waals surface area contributed by atoms with Gasteiger partial charge in [0.25, 0.3) is 0 Å². The van der Waals surface area contributed by atoms with Gasteiger partial charge < -0.3 is 15.5 Å². The van der Waals surface area contributed by atoms with Crippen LogP contribution in [0.15, 0.2) is 22.6 Å². The zero-order valence-corrected chi connectivity index (χ0v) is 8.46. The summed E-state index contributed by atoms with van der Waals surface area (Å²) in [4.78, 5) is 3.94. The number of hydrogen-bond acceptors (Lipinski definition) is 3. The highest BCUT2D eigenvalue weighted by molar-refractivity contribution is 5.75. The van der Waals surface area contributed by atoms with Gasteiger partial charge in [-0.15, -0.1) is 0 Å². The smallest absolute Gasteiger partial charge is 0.226 e. The molecule has 2 rings (SSSR count). The molecule has 1 heterocycles. The van der Waals surface area contributed by atoms with Gasteiger partial charge in [0.1, 0.15) is 5.52 Å². The quantitative estimate of drug-likeness (QED) is 0.539. The van der Waals surface area contributed by atoms with Crippen LogP contribution in [0.3, 0.4) is 0 Å². The van der Waals surface area contributed by atoms with E-state index in [1.807, 2.05) is 6.07 Å². The molecule has 0 bridgehead atoms. The SMILES string of the molecule is N=C(N)NCc1ccc2nc(CF)oc2c1. The van der Waals surface area contributed by atoms with E-state index in [-0.39, 0.29) is 11.9 Å². The monoisotopic (exact) mass is 222 g/mol. The van der Waals surface area contributed by atoms with E-state index in [1.54, 1.807) is 12.1 Å². The summed E-state index contributed by atoms with van der Waals surface area (Å²) in [6, 6.07) is 5.31. The van der Waals surface area contributed by atoms with E-state index in [0.29, 0.717) is 17.6 Å². The molecule has 16 heavy (non-hydrogen) atoms. The van der Waals surface area contributed by atoms with Crippen molar-refractivity contribution >= 4 is 17.1 Å². The molecule has 0 saturated heterocycles. The zero-order valence-electron chi connectivity index (χ0n) is 8.46. The van der Waals surface area contributed by atoms with Crippen molar-refractivity contribution in [3.63, 3.8) is 0 Å². The van der Waals surface area contributed by atoms with E-state index in [2.05, 4.69) is 10.3 Å². The van der Waals surface area contributed by atoms with Gasteiger partial charge in [-0.1, -0.05) is 6.07 Å². The molecule has 0 saturated carbocycles. The summed E-state index contributed by atoms with van der Waals surface area (Å²) in [7, 11) is 0. The Balaban J connectivity index is 2.25. The fraction of sp³-hybridized carbons (Fsp3) is 0.200. The standard InChI is InChI=1S/C10H11FN4O/c11-4-9-15-7-2-1-6(3-8(7)16-9)5-14-10(12)13/h1-3H,4-5H2,(H4,12,13,14). The molecule has 0 unspecified atom stereocenters. The first-order chi connectivity index (χ1) is 7.69. The molecular weight excluding hydrogens is 211 g/mol. The lowest BCUT2D eigenvalue weighted by molar-refractivity contribution is 0.393. The first-order valence-corrected chi connectivity index (χ1v) is 4.71. The fourth-order valence-corrected chi connectivity index (χ4v) is 1.38. The van der Waals surface area contributed by atoms with Gasteiger partial charge in [0, 0.05) is 6.54 Å². The fourth-order valence-electron chi connectivity index (χ4n) is 1.38. The lowest BCUT2D eigenvalue weighted by Crippen LogP contribution is -2.29. The van der Waals surface area contributed by atoms with Crippen LogP contribution < -0.4 is 11.1 Å². The normalized spacial score (nSPS) is 10.6. The van der Waals surface area contributed by atoms with Crippen LogP contribution in [0.4, 0.5) is 4.39 Å². The average Bonchev–Trinajstić information content (AvgIpc) is 2.68. The highest BCUT2D eigenvalue weighted by Crippen LogP contribution is 2.17. The van der Waals surface area contributed by atoms with E-state index in [4.69, 9.17) is 15.6 Å². The van der Waals surface area contributed by atoms with Crippen molar-refractivity contribution in [3.8, 4) is 0 Å². The van der Waals surface area contributed by atoms with Gasteiger partial charge in [-0.25, -0.2) is 9.37 Å². The number of oxazole rings is 1. The number of rotatable bonds is 3. The molecule has 0 fully saturated rings. The highest BCUT2D eigenvalue weighted by atomic mass is 19.1.